The summed E-state index contributed by atoms with van der Waals surface area (Å²) in [6.45, 7) is 3.50. The van der Waals surface area contributed by atoms with Gasteiger partial charge >= 0.3 is 6.03 Å². The van der Waals surface area contributed by atoms with E-state index in [2.05, 4.69) is 20.8 Å². The molecule has 16 heavy (non-hydrogen) atoms. The Morgan fingerprint density at radius 3 is 2.81 bits per heavy atom. The summed E-state index contributed by atoms with van der Waals surface area (Å²) in [6.07, 6.45) is 0.804. The number of nitrogens with one attached hydrogen (secondary N) is 3. The summed E-state index contributed by atoms with van der Waals surface area (Å²) >= 11 is 0. The van der Waals surface area contributed by atoms with Gasteiger partial charge in [-0.15, -0.1) is 0 Å². The zero-order valence-corrected chi connectivity index (χ0v) is 9.20. The Bertz CT molecular complexity index is 387. The van der Waals surface area contributed by atoms with Gasteiger partial charge in [0.1, 0.15) is 6.04 Å². The second kappa shape index (κ2) is 5.15. The van der Waals surface area contributed by atoms with Crippen molar-refractivity contribution in [1.29, 1.82) is 0 Å². The highest BCUT2D eigenvalue weighted by molar-refractivity contribution is 5.95. The van der Waals surface area contributed by atoms with E-state index >= 15 is 0 Å². The number of H-pyrrole nitrogens is 1. The van der Waals surface area contributed by atoms with Crippen LogP contribution in [-0.4, -0.2) is 28.2 Å². The Balaban J connectivity index is 2.53. The first kappa shape index (κ1) is 12.0. The lowest BCUT2D eigenvalue weighted by molar-refractivity contribution is -0.117. The van der Waals surface area contributed by atoms with Gasteiger partial charge in [-0.2, -0.15) is 5.10 Å². The number of hydrogen-bond donors (Lipinski definition) is 4. The maximum atomic E-state index is 11.5. The van der Waals surface area contributed by atoms with E-state index in [1.807, 2.05) is 6.92 Å². The lowest BCUT2D eigenvalue weighted by Gasteiger charge is -2.10. The third kappa shape index (κ3) is 3.26. The number of rotatable bonds is 4. The average Bonchev–Trinajstić information content (AvgIpc) is 2.64. The van der Waals surface area contributed by atoms with E-state index in [1.54, 1.807) is 6.07 Å². The number of carbonyl (C=O) groups excluding carboxylic acids is 2. The fourth-order valence-electron chi connectivity index (χ4n) is 1.12. The Labute approximate surface area is 92.8 Å². The van der Waals surface area contributed by atoms with Crippen LogP contribution in [0.25, 0.3) is 0 Å². The Morgan fingerprint density at radius 2 is 2.31 bits per heavy atom. The molecule has 0 aliphatic heterocycles. The van der Waals surface area contributed by atoms with Crippen molar-refractivity contribution in [3.8, 4) is 0 Å². The first-order chi connectivity index (χ1) is 7.52. The quantitative estimate of drug-likeness (QED) is 0.577. The number of hydrogen-bond acceptors (Lipinski definition) is 3. The van der Waals surface area contributed by atoms with Crippen LogP contribution in [0.2, 0.25) is 0 Å². The first-order valence-electron chi connectivity index (χ1n) is 4.94. The van der Waals surface area contributed by atoms with E-state index in [9.17, 15) is 9.59 Å². The second-order valence-corrected chi connectivity index (χ2v) is 3.35. The molecule has 0 aliphatic rings. The maximum Gasteiger partial charge on any atom is 0.312 e. The van der Waals surface area contributed by atoms with Gasteiger partial charge in [-0.05, 0) is 13.3 Å². The predicted octanol–water partition coefficient (Wildman–Crippen LogP) is -0.0326. The molecule has 88 valence electrons. The van der Waals surface area contributed by atoms with E-state index in [1.165, 1.54) is 6.92 Å². The van der Waals surface area contributed by atoms with Crippen molar-refractivity contribution in [2.75, 3.05) is 5.32 Å². The molecule has 1 heterocycles. The van der Waals surface area contributed by atoms with E-state index in [-0.39, 0.29) is 5.91 Å². The highest BCUT2D eigenvalue weighted by atomic mass is 16.2. The summed E-state index contributed by atoms with van der Waals surface area (Å²) in [5, 5.41) is 11.5. The molecule has 5 N–H and O–H groups in total. The predicted molar refractivity (Wildman–Crippen MR) is 58.8 cm³/mol. The third-order valence-corrected chi connectivity index (χ3v) is 2.02. The highest BCUT2D eigenvalue weighted by Gasteiger charge is 2.14. The lowest BCUT2D eigenvalue weighted by atomic mass is 10.3. The first-order valence-corrected chi connectivity index (χ1v) is 4.94. The number of aromatic amines is 1. The molecule has 0 radical (unpaired) electrons. The van der Waals surface area contributed by atoms with Crippen molar-refractivity contribution in [3.63, 3.8) is 0 Å². The van der Waals surface area contributed by atoms with Crippen LogP contribution in [0, 0.1) is 0 Å². The average molecular weight is 225 g/mol. The molecule has 0 aromatic carbocycles. The molecule has 0 bridgehead atoms. The number of primary amides is 1. The van der Waals surface area contributed by atoms with Crippen LogP contribution in [0.4, 0.5) is 10.6 Å². The number of carbonyl (C=O) groups is 2. The standard InChI is InChI=1S/C9H15N5O2/c1-3-6-4-7(14-13-6)12-8(15)5(2)11-9(10)16/h4-5H,3H2,1-2H3,(H3,10,11,16)(H2,12,13,14,15). The van der Waals surface area contributed by atoms with Crippen LogP contribution in [0.15, 0.2) is 6.07 Å². The van der Waals surface area contributed by atoms with Crippen molar-refractivity contribution in [3.05, 3.63) is 11.8 Å². The molecule has 0 fully saturated rings. The van der Waals surface area contributed by atoms with Gasteiger partial charge in [-0.1, -0.05) is 6.92 Å². The van der Waals surface area contributed by atoms with Crippen molar-refractivity contribution in [1.82, 2.24) is 15.5 Å². The molecule has 0 aliphatic carbocycles. The van der Waals surface area contributed by atoms with Crippen LogP contribution in [0.1, 0.15) is 19.5 Å². The van der Waals surface area contributed by atoms with Crippen LogP contribution in [-0.2, 0) is 11.2 Å². The fraction of sp³-hybridized carbons (Fsp3) is 0.444. The number of aromatic nitrogens is 2. The highest BCUT2D eigenvalue weighted by Crippen LogP contribution is 2.05. The number of anilines is 1. The van der Waals surface area contributed by atoms with Gasteiger partial charge in [0.2, 0.25) is 5.91 Å². The monoisotopic (exact) mass is 225 g/mol. The summed E-state index contributed by atoms with van der Waals surface area (Å²) in [5.41, 5.74) is 5.82. The van der Waals surface area contributed by atoms with Gasteiger partial charge in [0.05, 0.1) is 0 Å². The number of nitrogens with zero attached hydrogens (tertiary/aromatic N) is 1. The minimum Gasteiger partial charge on any atom is -0.352 e. The number of nitrogens with two attached hydrogens (primary N) is 1. The zero-order valence-electron chi connectivity index (χ0n) is 9.20. The van der Waals surface area contributed by atoms with Crippen LogP contribution < -0.4 is 16.4 Å². The molecule has 0 saturated carbocycles. The minimum atomic E-state index is -0.737. The SMILES string of the molecule is CCc1cc(NC(=O)C(C)NC(N)=O)n[nH]1. The molecule has 1 unspecified atom stereocenters. The zero-order chi connectivity index (χ0) is 12.1. The maximum absolute atomic E-state index is 11.5. The van der Waals surface area contributed by atoms with Crippen LogP contribution in [0.3, 0.4) is 0 Å². The normalized spacial score (nSPS) is 11.9. The summed E-state index contributed by atoms with van der Waals surface area (Å²) in [4.78, 5) is 22.0. The third-order valence-electron chi connectivity index (χ3n) is 2.02. The van der Waals surface area contributed by atoms with E-state index in [4.69, 9.17) is 5.73 Å². The van der Waals surface area contributed by atoms with Gasteiger partial charge in [0.25, 0.3) is 0 Å². The van der Waals surface area contributed by atoms with E-state index in [0.29, 0.717) is 5.82 Å². The molecule has 0 spiro atoms. The van der Waals surface area contributed by atoms with Gasteiger partial charge < -0.3 is 16.4 Å². The Kier molecular flexibility index (Phi) is 3.87. The number of amides is 3. The van der Waals surface area contributed by atoms with Crippen LogP contribution in [0.5, 0.6) is 0 Å². The van der Waals surface area contributed by atoms with Crippen LogP contribution >= 0.6 is 0 Å². The Hall–Kier alpha value is -2.05. The molecule has 7 heteroatoms. The van der Waals surface area contributed by atoms with Gasteiger partial charge in [-0.25, -0.2) is 4.79 Å². The van der Waals surface area contributed by atoms with Crippen molar-refractivity contribution < 1.29 is 9.59 Å². The lowest BCUT2D eigenvalue weighted by Crippen LogP contribution is -2.44. The molecule has 3 amide bonds. The summed E-state index contributed by atoms with van der Waals surface area (Å²) in [6, 6.07) is 0.299. The van der Waals surface area contributed by atoms with Gasteiger partial charge in [0.15, 0.2) is 5.82 Å². The van der Waals surface area contributed by atoms with E-state index < -0.39 is 12.1 Å². The van der Waals surface area contributed by atoms with Crippen molar-refractivity contribution in [2.24, 2.45) is 5.73 Å². The number of aryl methyl sites for hydroxylation is 1. The Morgan fingerprint density at radius 1 is 1.62 bits per heavy atom. The molecule has 7 nitrogen and oxygen atoms in total. The fourth-order valence-corrected chi connectivity index (χ4v) is 1.12. The summed E-state index contributed by atoms with van der Waals surface area (Å²) in [7, 11) is 0. The van der Waals surface area contributed by atoms with Gasteiger partial charge in [0, 0.05) is 11.8 Å². The largest absolute Gasteiger partial charge is 0.352 e. The van der Waals surface area contributed by atoms with Gasteiger partial charge in [-0.3, -0.25) is 9.89 Å². The van der Waals surface area contributed by atoms with Crippen molar-refractivity contribution in [2.45, 2.75) is 26.3 Å². The number of urea groups is 1. The molecule has 1 rings (SSSR count). The molecule has 0 saturated heterocycles. The topological polar surface area (TPSA) is 113 Å². The van der Waals surface area contributed by atoms with Crippen molar-refractivity contribution >= 4 is 17.8 Å². The summed E-state index contributed by atoms with van der Waals surface area (Å²) in [5.74, 6) is 0.0629. The summed E-state index contributed by atoms with van der Waals surface area (Å²) < 4.78 is 0. The van der Waals surface area contributed by atoms with E-state index in [0.717, 1.165) is 12.1 Å². The molecule has 1 aromatic rings. The molecular formula is C9H15N5O2. The molecule has 1 atom stereocenters. The molecular weight excluding hydrogens is 210 g/mol. The molecule has 1 aromatic heterocycles. The minimum absolute atomic E-state index is 0.368. The second-order valence-electron chi connectivity index (χ2n) is 3.35. The smallest absolute Gasteiger partial charge is 0.312 e.